The number of amides is 1. The van der Waals surface area contributed by atoms with Crippen LogP contribution in [0.1, 0.15) is 27.9 Å². The van der Waals surface area contributed by atoms with Gasteiger partial charge in [-0.1, -0.05) is 18.2 Å². The first-order chi connectivity index (χ1) is 11.7. The molecule has 0 fully saturated rings. The number of rotatable bonds is 6. The third kappa shape index (κ3) is 3.49. The van der Waals surface area contributed by atoms with E-state index in [0.29, 0.717) is 29.6 Å². The molecule has 2 aromatic heterocycles. The highest BCUT2D eigenvalue weighted by Gasteiger charge is 2.17. The Morgan fingerprint density at radius 1 is 1.29 bits per heavy atom. The smallest absolute Gasteiger partial charge is 0.271 e. The van der Waals surface area contributed by atoms with Gasteiger partial charge >= 0.3 is 0 Å². The average Bonchev–Trinajstić information content (AvgIpc) is 3.23. The Morgan fingerprint density at radius 3 is 2.88 bits per heavy atom. The standard InChI is InChI=1S/C18H18N2O3S/c1-3-22-14-8-5-4-7-13(14)11-19-17(21)16-12(2)24-18(20-16)15-9-6-10-23-15/h4-10H,3,11H2,1-2H3,(H,19,21). The zero-order valence-electron chi connectivity index (χ0n) is 13.5. The zero-order chi connectivity index (χ0) is 16.9. The second-order valence-electron chi connectivity index (χ2n) is 5.12. The van der Waals surface area contributed by atoms with E-state index in [2.05, 4.69) is 10.3 Å². The van der Waals surface area contributed by atoms with Gasteiger partial charge < -0.3 is 14.5 Å². The van der Waals surface area contributed by atoms with Crippen molar-refractivity contribution >= 4 is 17.2 Å². The number of hydrogen-bond acceptors (Lipinski definition) is 5. The van der Waals surface area contributed by atoms with Gasteiger partial charge in [-0.25, -0.2) is 4.98 Å². The van der Waals surface area contributed by atoms with E-state index in [1.807, 2.05) is 44.2 Å². The van der Waals surface area contributed by atoms with Crippen molar-refractivity contribution in [2.45, 2.75) is 20.4 Å². The van der Waals surface area contributed by atoms with E-state index >= 15 is 0 Å². The molecule has 0 bridgehead atoms. The number of thiazole rings is 1. The molecule has 124 valence electrons. The van der Waals surface area contributed by atoms with Crippen LogP contribution >= 0.6 is 11.3 Å². The normalized spacial score (nSPS) is 10.6. The number of aryl methyl sites for hydroxylation is 1. The second-order valence-corrected chi connectivity index (χ2v) is 6.33. The van der Waals surface area contributed by atoms with E-state index < -0.39 is 0 Å². The highest BCUT2D eigenvalue weighted by atomic mass is 32.1. The molecule has 0 spiro atoms. The molecule has 24 heavy (non-hydrogen) atoms. The maximum atomic E-state index is 12.5. The number of nitrogens with one attached hydrogen (secondary N) is 1. The predicted molar refractivity (Wildman–Crippen MR) is 93.3 cm³/mol. The molecule has 0 saturated carbocycles. The van der Waals surface area contributed by atoms with Crippen molar-refractivity contribution in [3.63, 3.8) is 0 Å². The molecule has 1 aromatic carbocycles. The number of ether oxygens (including phenoxy) is 1. The monoisotopic (exact) mass is 342 g/mol. The van der Waals surface area contributed by atoms with Gasteiger partial charge in [0.1, 0.15) is 11.4 Å². The Balaban J connectivity index is 1.72. The summed E-state index contributed by atoms with van der Waals surface area (Å²) in [6, 6.07) is 11.3. The van der Waals surface area contributed by atoms with E-state index in [0.717, 1.165) is 16.2 Å². The third-order valence-electron chi connectivity index (χ3n) is 3.46. The number of para-hydroxylation sites is 1. The molecule has 0 atom stereocenters. The van der Waals surface area contributed by atoms with Crippen molar-refractivity contribution in [2.24, 2.45) is 0 Å². The summed E-state index contributed by atoms with van der Waals surface area (Å²) in [6.07, 6.45) is 1.59. The maximum Gasteiger partial charge on any atom is 0.271 e. The summed E-state index contributed by atoms with van der Waals surface area (Å²) in [4.78, 5) is 17.7. The number of hydrogen-bond donors (Lipinski definition) is 1. The molecule has 2 heterocycles. The maximum absolute atomic E-state index is 12.5. The van der Waals surface area contributed by atoms with Gasteiger partial charge in [0.2, 0.25) is 0 Å². The predicted octanol–water partition coefficient (Wildman–Crippen LogP) is 4.04. The Morgan fingerprint density at radius 2 is 2.12 bits per heavy atom. The first kappa shape index (κ1) is 16.3. The Bertz CT molecular complexity index is 825. The number of carbonyl (C=O) groups is 1. The Labute approximate surface area is 144 Å². The van der Waals surface area contributed by atoms with Crippen molar-refractivity contribution in [2.75, 3.05) is 6.61 Å². The lowest BCUT2D eigenvalue weighted by molar-refractivity contribution is 0.0946. The van der Waals surface area contributed by atoms with Crippen LogP contribution in [0.4, 0.5) is 0 Å². The van der Waals surface area contributed by atoms with Crippen molar-refractivity contribution in [1.29, 1.82) is 0 Å². The highest BCUT2D eigenvalue weighted by Crippen LogP contribution is 2.28. The summed E-state index contributed by atoms with van der Waals surface area (Å²) in [5, 5.41) is 3.61. The summed E-state index contributed by atoms with van der Waals surface area (Å²) < 4.78 is 10.9. The quantitative estimate of drug-likeness (QED) is 0.734. The van der Waals surface area contributed by atoms with Gasteiger partial charge in [-0.3, -0.25) is 4.79 Å². The SMILES string of the molecule is CCOc1ccccc1CNC(=O)c1nc(-c2ccco2)sc1C. The lowest BCUT2D eigenvalue weighted by atomic mass is 10.2. The van der Waals surface area contributed by atoms with E-state index in [9.17, 15) is 4.79 Å². The number of nitrogens with zero attached hydrogens (tertiary/aromatic N) is 1. The molecule has 0 aliphatic heterocycles. The van der Waals surface area contributed by atoms with Crippen LogP contribution in [-0.4, -0.2) is 17.5 Å². The average molecular weight is 342 g/mol. The van der Waals surface area contributed by atoms with Crippen LogP contribution in [0.2, 0.25) is 0 Å². The fourth-order valence-electron chi connectivity index (χ4n) is 2.32. The van der Waals surface area contributed by atoms with Crippen molar-refractivity contribution in [3.05, 3.63) is 58.8 Å². The molecule has 0 aliphatic rings. The van der Waals surface area contributed by atoms with E-state index in [-0.39, 0.29) is 5.91 Å². The van der Waals surface area contributed by atoms with Crippen molar-refractivity contribution < 1.29 is 13.9 Å². The summed E-state index contributed by atoms with van der Waals surface area (Å²) in [5.41, 5.74) is 1.37. The molecular formula is C18H18N2O3S. The topological polar surface area (TPSA) is 64.4 Å². The van der Waals surface area contributed by atoms with Crippen LogP contribution < -0.4 is 10.1 Å². The van der Waals surface area contributed by atoms with Crippen LogP contribution in [-0.2, 0) is 6.54 Å². The van der Waals surface area contributed by atoms with Gasteiger partial charge in [-0.05, 0) is 32.0 Å². The highest BCUT2D eigenvalue weighted by molar-refractivity contribution is 7.15. The molecule has 6 heteroatoms. The fourth-order valence-corrected chi connectivity index (χ4v) is 3.20. The molecule has 0 unspecified atom stereocenters. The lowest BCUT2D eigenvalue weighted by Crippen LogP contribution is -2.24. The lowest BCUT2D eigenvalue weighted by Gasteiger charge is -2.10. The number of carbonyl (C=O) groups excluding carboxylic acids is 1. The number of benzene rings is 1. The van der Waals surface area contributed by atoms with E-state index in [1.165, 1.54) is 11.3 Å². The Hall–Kier alpha value is -2.60. The number of furan rings is 1. The fraction of sp³-hybridized carbons (Fsp3) is 0.222. The van der Waals surface area contributed by atoms with Crippen molar-refractivity contribution in [3.8, 4) is 16.5 Å². The van der Waals surface area contributed by atoms with Crippen molar-refractivity contribution in [1.82, 2.24) is 10.3 Å². The van der Waals surface area contributed by atoms with E-state index in [1.54, 1.807) is 12.3 Å². The molecule has 0 aliphatic carbocycles. The van der Waals surface area contributed by atoms with Gasteiger partial charge in [-0.2, -0.15) is 0 Å². The van der Waals surface area contributed by atoms with Gasteiger partial charge in [0, 0.05) is 17.0 Å². The minimum absolute atomic E-state index is 0.201. The number of aromatic nitrogens is 1. The molecule has 3 rings (SSSR count). The molecule has 5 nitrogen and oxygen atoms in total. The van der Waals surface area contributed by atoms with Gasteiger partial charge in [-0.15, -0.1) is 11.3 Å². The summed E-state index contributed by atoms with van der Waals surface area (Å²) in [6.45, 7) is 4.79. The summed E-state index contributed by atoms with van der Waals surface area (Å²) in [7, 11) is 0. The Kier molecular flexibility index (Phi) is 4.96. The minimum atomic E-state index is -0.201. The molecule has 1 amide bonds. The van der Waals surface area contributed by atoms with Gasteiger partial charge in [0.05, 0.1) is 12.9 Å². The van der Waals surface area contributed by atoms with Crippen LogP contribution in [0, 0.1) is 6.92 Å². The molecule has 1 N–H and O–H groups in total. The summed E-state index contributed by atoms with van der Waals surface area (Å²) >= 11 is 1.44. The molecule has 0 radical (unpaired) electrons. The molecule has 3 aromatic rings. The first-order valence-corrected chi connectivity index (χ1v) is 8.51. The second kappa shape index (κ2) is 7.31. The third-order valence-corrected chi connectivity index (χ3v) is 4.44. The molecule has 0 saturated heterocycles. The first-order valence-electron chi connectivity index (χ1n) is 7.69. The van der Waals surface area contributed by atoms with Crippen LogP contribution in [0.25, 0.3) is 10.8 Å². The summed E-state index contributed by atoms with van der Waals surface area (Å²) in [5.74, 6) is 1.25. The van der Waals surface area contributed by atoms with Gasteiger partial charge in [0.25, 0.3) is 5.91 Å². The minimum Gasteiger partial charge on any atom is -0.494 e. The van der Waals surface area contributed by atoms with Gasteiger partial charge in [0.15, 0.2) is 10.8 Å². The largest absolute Gasteiger partial charge is 0.494 e. The van der Waals surface area contributed by atoms with Crippen LogP contribution in [0.15, 0.2) is 47.1 Å². The van der Waals surface area contributed by atoms with E-state index in [4.69, 9.17) is 9.15 Å². The van der Waals surface area contributed by atoms with Crippen LogP contribution in [0.5, 0.6) is 5.75 Å². The zero-order valence-corrected chi connectivity index (χ0v) is 14.4. The molecular weight excluding hydrogens is 324 g/mol. The van der Waals surface area contributed by atoms with Crippen LogP contribution in [0.3, 0.4) is 0 Å².